The molecule has 2 fully saturated rings. The van der Waals surface area contributed by atoms with E-state index in [9.17, 15) is 18.3 Å². The first kappa shape index (κ1) is 20.2. The molecule has 1 aliphatic carbocycles. The molecule has 0 radical (unpaired) electrons. The van der Waals surface area contributed by atoms with Gasteiger partial charge in [-0.1, -0.05) is 6.92 Å². The molecule has 158 valence electrons. The third kappa shape index (κ3) is 4.01. The molecule has 9 nitrogen and oxygen atoms in total. The van der Waals surface area contributed by atoms with Crippen molar-refractivity contribution in [3.63, 3.8) is 0 Å². The summed E-state index contributed by atoms with van der Waals surface area (Å²) >= 11 is 0. The van der Waals surface area contributed by atoms with Crippen molar-refractivity contribution < 1.29 is 13.5 Å². The molecule has 3 heterocycles. The zero-order chi connectivity index (χ0) is 20.8. The number of aliphatic hydroxyl groups excluding tert-OH is 1. The largest absolute Gasteiger partial charge is 0.393 e. The quantitative estimate of drug-likeness (QED) is 0.755. The van der Waals surface area contributed by atoms with Gasteiger partial charge in [0, 0.05) is 48.7 Å². The molecular formula is C19H27N5O4S. The fraction of sp³-hybridized carbons (Fsp3) is 0.632. The Bertz CT molecular complexity index is 1060. The van der Waals surface area contributed by atoms with E-state index in [0.29, 0.717) is 43.9 Å². The van der Waals surface area contributed by atoms with Crippen LogP contribution in [0.4, 0.5) is 5.95 Å². The van der Waals surface area contributed by atoms with Gasteiger partial charge in [-0.05, 0) is 31.7 Å². The number of piperidine rings is 1. The molecule has 2 N–H and O–H groups in total. The zero-order valence-corrected chi connectivity index (χ0v) is 17.5. The van der Waals surface area contributed by atoms with Crippen LogP contribution >= 0.6 is 0 Å². The smallest absolute Gasteiger partial charge is 0.252 e. The first-order valence-corrected chi connectivity index (χ1v) is 11.9. The van der Waals surface area contributed by atoms with Crippen molar-refractivity contribution in [2.24, 2.45) is 5.92 Å². The van der Waals surface area contributed by atoms with Gasteiger partial charge in [0.2, 0.25) is 16.0 Å². The normalized spacial score (nSPS) is 26.8. The molecule has 0 aromatic carbocycles. The van der Waals surface area contributed by atoms with E-state index in [0.717, 1.165) is 11.8 Å². The highest BCUT2D eigenvalue weighted by molar-refractivity contribution is 7.88. The summed E-state index contributed by atoms with van der Waals surface area (Å²) in [4.78, 5) is 21.7. The van der Waals surface area contributed by atoms with Crippen LogP contribution in [0.2, 0.25) is 0 Å². The Morgan fingerprint density at radius 2 is 1.90 bits per heavy atom. The molecule has 1 saturated carbocycles. The van der Waals surface area contributed by atoms with E-state index in [4.69, 9.17) is 0 Å². The van der Waals surface area contributed by atoms with Crippen LogP contribution in [0, 0.1) is 5.92 Å². The van der Waals surface area contributed by atoms with Crippen LogP contribution in [0.1, 0.15) is 38.6 Å². The SMILES string of the molecule is C[C@@H]1[C@H](O)CC[C@H]1n1c(=O)ccc2cnc(NC3CCN(S(C)(=O)=O)CC3)nc21. The lowest BCUT2D eigenvalue weighted by Gasteiger charge is -2.30. The third-order valence-corrected chi connectivity index (χ3v) is 7.53. The number of sulfonamides is 1. The first-order chi connectivity index (χ1) is 13.7. The number of rotatable bonds is 4. The standard InChI is InChI=1S/C19H27N5O4S/c1-12-15(4-5-16(12)25)24-17(26)6-3-13-11-20-19(22-18(13)24)21-14-7-9-23(10-8-14)29(2,27)28/h3,6,11-12,14-16,25H,4-5,7-10H2,1-2H3,(H,20,21,22)/t12-,15+,16+/m0/s1. The number of nitrogens with zero attached hydrogens (tertiary/aromatic N) is 4. The van der Waals surface area contributed by atoms with Crippen molar-refractivity contribution in [1.82, 2.24) is 18.8 Å². The highest BCUT2D eigenvalue weighted by Crippen LogP contribution is 2.36. The summed E-state index contributed by atoms with van der Waals surface area (Å²) in [6, 6.07) is 3.22. The van der Waals surface area contributed by atoms with E-state index in [2.05, 4.69) is 15.3 Å². The molecule has 1 aliphatic heterocycles. The van der Waals surface area contributed by atoms with E-state index in [1.807, 2.05) is 6.92 Å². The van der Waals surface area contributed by atoms with Crippen molar-refractivity contribution in [3.05, 3.63) is 28.7 Å². The van der Waals surface area contributed by atoms with Gasteiger partial charge in [0.05, 0.1) is 12.4 Å². The fourth-order valence-corrected chi connectivity index (χ4v) is 5.30. The lowest BCUT2D eigenvalue weighted by atomic mass is 10.0. The number of hydrogen-bond donors (Lipinski definition) is 2. The Hall–Kier alpha value is -2.04. The lowest BCUT2D eigenvalue weighted by molar-refractivity contribution is 0.129. The maximum Gasteiger partial charge on any atom is 0.252 e. The molecule has 1 saturated heterocycles. The number of hydrogen-bond acceptors (Lipinski definition) is 7. The summed E-state index contributed by atoms with van der Waals surface area (Å²) in [6.07, 6.45) is 5.25. The Labute approximate surface area is 169 Å². The Morgan fingerprint density at radius 1 is 1.17 bits per heavy atom. The predicted octanol–water partition coefficient (Wildman–Crippen LogP) is 0.959. The topological polar surface area (TPSA) is 117 Å². The highest BCUT2D eigenvalue weighted by Gasteiger charge is 2.34. The highest BCUT2D eigenvalue weighted by atomic mass is 32.2. The summed E-state index contributed by atoms with van der Waals surface area (Å²) in [6.45, 7) is 2.89. The first-order valence-electron chi connectivity index (χ1n) is 10.0. The number of anilines is 1. The van der Waals surface area contributed by atoms with E-state index >= 15 is 0 Å². The molecule has 0 unspecified atom stereocenters. The molecule has 10 heteroatoms. The summed E-state index contributed by atoms with van der Waals surface area (Å²) in [5, 5.41) is 14.2. The van der Waals surface area contributed by atoms with Crippen LogP contribution < -0.4 is 10.9 Å². The fourth-order valence-electron chi connectivity index (χ4n) is 4.43. The Morgan fingerprint density at radius 3 is 2.52 bits per heavy atom. The molecule has 4 rings (SSSR count). The predicted molar refractivity (Wildman–Crippen MR) is 110 cm³/mol. The van der Waals surface area contributed by atoms with Gasteiger partial charge in [-0.25, -0.2) is 17.7 Å². The van der Waals surface area contributed by atoms with E-state index < -0.39 is 16.1 Å². The van der Waals surface area contributed by atoms with E-state index in [1.54, 1.807) is 16.8 Å². The van der Waals surface area contributed by atoms with Gasteiger partial charge in [-0.15, -0.1) is 0 Å². The van der Waals surface area contributed by atoms with Gasteiger partial charge in [0.15, 0.2) is 0 Å². The number of nitrogens with one attached hydrogen (secondary N) is 1. The van der Waals surface area contributed by atoms with Crippen LogP contribution in [0.5, 0.6) is 0 Å². The van der Waals surface area contributed by atoms with E-state index in [-0.39, 0.29) is 23.6 Å². The lowest BCUT2D eigenvalue weighted by Crippen LogP contribution is -2.42. The van der Waals surface area contributed by atoms with Crippen molar-refractivity contribution in [2.75, 3.05) is 24.7 Å². The van der Waals surface area contributed by atoms with E-state index in [1.165, 1.54) is 16.6 Å². The third-order valence-electron chi connectivity index (χ3n) is 6.23. The van der Waals surface area contributed by atoms with Crippen molar-refractivity contribution >= 4 is 27.0 Å². The number of aromatic nitrogens is 3. The second-order valence-electron chi connectivity index (χ2n) is 8.17. The van der Waals surface area contributed by atoms with Gasteiger partial charge < -0.3 is 10.4 Å². The molecule has 2 aromatic heterocycles. The zero-order valence-electron chi connectivity index (χ0n) is 16.7. The van der Waals surface area contributed by atoms with Crippen molar-refractivity contribution in [2.45, 2.75) is 50.8 Å². The molecule has 2 aromatic rings. The summed E-state index contributed by atoms with van der Waals surface area (Å²) in [5.74, 6) is 0.408. The van der Waals surface area contributed by atoms with Gasteiger partial charge in [-0.3, -0.25) is 9.36 Å². The monoisotopic (exact) mass is 421 g/mol. The van der Waals surface area contributed by atoms with Crippen LogP contribution in [0.3, 0.4) is 0 Å². The Balaban J connectivity index is 1.59. The average molecular weight is 422 g/mol. The van der Waals surface area contributed by atoms with Gasteiger partial charge in [-0.2, -0.15) is 4.98 Å². The molecule has 0 spiro atoms. The molecule has 29 heavy (non-hydrogen) atoms. The second kappa shape index (κ2) is 7.66. The second-order valence-corrected chi connectivity index (χ2v) is 10.1. The van der Waals surface area contributed by atoms with Crippen LogP contribution in [0.25, 0.3) is 11.0 Å². The van der Waals surface area contributed by atoms with Gasteiger partial charge >= 0.3 is 0 Å². The van der Waals surface area contributed by atoms with Crippen molar-refractivity contribution in [3.8, 4) is 0 Å². The van der Waals surface area contributed by atoms with Crippen molar-refractivity contribution in [1.29, 1.82) is 0 Å². The van der Waals surface area contributed by atoms with Crippen LogP contribution in [-0.4, -0.2) is 63.9 Å². The number of fused-ring (bicyclic) bond motifs is 1. The summed E-state index contributed by atoms with van der Waals surface area (Å²) in [5.41, 5.74) is 0.434. The maximum atomic E-state index is 12.6. The number of aliphatic hydroxyl groups is 1. The summed E-state index contributed by atoms with van der Waals surface area (Å²) < 4.78 is 26.5. The molecule has 2 aliphatic rings. The minimum absolute atomic E-state index is 0.0232. The number of pyridine rings is 1. The molecule has 0 bridgehead atoms. The van der Waals surface area contributed by atoms with Crippen LogP contribution in [0.15, 0.2) is 23.1 Å². The summed E-state index contributed by atoms with van der Waals surface area (Å²) in [7, 11) is -3.16. The average Bonchev–Trinajstić information content (AvgIpc) is 3.00. The minimum atomic E-state index is -3.16. The van der Waals surface area contributed by atoms with Gasteiger partial charge in [0.1, 0.15) is 5.65 Å². The molecular weight excluding hydrogens is 394 g/mol. The maximum absolute atomic E-state index is 12.6. The molecule has 3 atom stereocenters. The van der Waals surface area contributed by atoms with Crippen LogP contribution in [-0.2, 0) is 10.0 Å². The minimum Gasteiger partial charge on any atom is -0.393 e. The Kier molecular flexibility index (Phi) is 5.34. The molecule has 0 amide bonds. The van der Waals surface area contributed by atoms with Gasteiger partial charge in [0.25, 0.3) is 5.56 Å².